The van der Waals surface area contributed by atoms with E-state index in [2.05, 4.69) is 37.9 Å². The number of aryl methyl sites for hydroxylation is 1. The molecular weight excluding hydrogens is 248 g/mol. The highest BCUT2D eigenvalue weighted by atomic mass is 16.2. The summed E-state index contributed by atoms with van der Waals surface area (Å²) >= 11 is 0. The normalized spacial score (nSPS) is 11.4. The van der Waals surface area contributed by atoms with Gasteiger partial charge < -0.3 is 5.32 Å². The number of nitrogens with one attached hydrogen (secondary N) is 1. The molecule has 1 amide bonds. The fourth-order valence-corrected chi connectivity index (χ4v) is 2.28. The summed E-state index contributed by atoms with van der Waals surface area (Å²) in [5.41, 5.74) is 2.07. The standard InChI is InChI=1S/C17H28N2O/c1-13(2)10-19(11-14(3)4)12-17(20)18-16-8-6-15(5)7-9-16/h6-9,13-14H,10-12H2,1-5H3,(H,18,20). The zero-order chi connectivity index (χ0) is 15.1. The zero-order valence-electron chi connectivity index (χ0n) is 13.4. The first-order valence-corrected chi connectivity index (χ1v) is 7.45. The van der Waals surface area contributed by atoms with E-state index in [9.17, 15) is 4.79 Å². The second-order valence-corrected chi connectivity index (χ2v) is 6.40. The van der Waals surface area contributed by atoms with Gasteiger partial charge in [0, 0.05) is 18.8 Å². The molecular formula is C17H28N2O. The Kier molecular flexibility index (Phi) is 6.73. The van der Waals surface area contributed by atoms with Crippen LogP contribution in [0.1, 0.15) is 33.3 Å². The van der Waals surface area contributed by atoms with Gasteiger partial charge in [0.05, 0.1) is 6.54 Å². The summed E-state index contributed by atoms with van der Waals surface area (Å²) in [5.74, 6) is 1.21. The molecule has 1 N–H and O–H groups in total. The molecule has 0 radical (unpaired) electrons. The van der Waals surface area contributed by atoms with E-state index in [4.69, 9.17) is 0 Å². The lowest BCUT2D eigenvalue weighted by molar-refractivity contribution is -0.117. The van der Waals surface area contributed by atoms with Gasteiger partial charge in [0.2, 0.25) is 5.91 Å². The number of carbonyl (C=O) groups is 1. The van der Waals surface area contributed by atoms with Crippen molar-refractivity contribution in [3.05, 3.63) is 29.8 Å². The van der Waals surface area contributed by atoms with Crippen LogP contribution in [-0.2, 0) is 4.79 Å². The molecule has 3 nitrogen and oxygen atoms in total. The number of benzene rings is 1. The summed E-state index contributed by atoms with van der Waals surface area (Å²) in [6, 6.07) is 7.91. The highest BCUT2D eigenvalue weighted by Gasteiger charge is 2.13. The molecule has 1 aromatic rings. The van der Waals surface area contributed by atoms with E-state index < -0.39 is 0 Å². The molecule has 0 atom stereocenters. The Morgan fingerprint density at radius 1 is 1.05 bits per heavy atom. The average Bonchev–Trinajstić information content (AvgIpc) is 2.30. The number of carbonyl (C=O) groups excluding carboxylic acids is 1. The molecule has 0 bridgehead atoms. The number of amides is 1. The average molecular weight is 276 g/mol. The van der Waals surface area contributed by atoms with Crippen LogP contribution in [0.15, 0.2) is 24.3 Å². The van der Waals surface area contributed by atoms with E-state index in [-0.39, 0.29) is 5.91 Å². The van der Waals surface area contributed by atoms with Crippen LogP contribution in [0, 0.1) is 18.8 Å². The molecule has 0 aromatic heterocycles. The summed E-state index contributed by atoms with van der Waals surface area (Å²) in [4.78, 5) is 14.4. The molecule has 0 spiro atoms. The molecule has 3 heteroatoms. The summed E-state index contributed by atoms with van der Waals surface area (Å²) in [7, 11) is 0. The minimum absolute atomic E-state index is 0.0650. The molecule has 0 saturated heterocycles. The second-order valence-electron chi connectivity index (χ2n) is 6.40. The van der Waals surface area contributed by atoms with Crippen LogP contribution >= 0.6 is 0 Å². The van der Waals surface area contributed by atoms with Gasteiger partial charge >= 0.3 is 0 Å². The lowest BCUT2D eigenvalue weighted by Crippen LogP contribution is -2.38. The predicted octanol–water partition coefficient (Wildman–Crippen LogP) is 3.55. The SMILES string of the molecule is Cc1ccc(NC(=O)CN(CC(C)C)CC(C)C)cc1. The number of anilines is 1. The van der Waals surface area contributed by atoms with Gasteiger partial charge in [0.25, 0.3) is 0 Å². The van der Waals surface area contributed by atoms with Gasteiger partial charge in [-0.05, 0) is 30.9 Å². The van der Waals surface area contributed by atoms with Crippen molar-refractivity contribution >= 4 is 11.6 Å². The van der Waals surface area contributed by atoms with Gasteiger partial charge in [0.1, 0.15) is 0 Å². The van der Waals surface area contributed by atoms with Gasteiger partial charge in [0.15, 0.2) is 0 Å². The molecule has 1 aromatic carbocycles. The Bertz CT molecular complexity index is 400. The van der Waals surface area contributed by atoms with E-state index in [1.54, 1.807) is 0 Å². The van der Waals surface area contributed by atoms with Gasteiger partial charge in [-0.15, -0.1) is 0 Å². The maximum Gasteiger partial charge on any atom is 0.238 e. The fraction of sp³-hybridized carbons (Fsp3) is 0.588. The Morgan fingerprint density at radius 3 is 2.00 bits per heavy atom. The molecule has 112 valence electrons. The second kappa shape index (κ2) is 8.05. The van der Waals surface area contributed by atoms with Gasteiger partial charge in [-0.1, -0.05) is 45.4 Å². The topological polar surface area (TPSA) is 32.3 Å². The number of nitrogens with zero attached hydrogens (tertiary/aromatic N) is 1. The van der Waals surface area contributed by atoms with Crippen molar-refractivity contribution in [2.75, 3.05) is 25.0 Å². The molecule has 0 aliphatic carbocycles. The van der Waals surface area contributed by atoms with Gasteiger partial charge in [-0.2, -0.15) is 0 Å². The molecule has 1 rings (SSSR count). The minimum atomic E-state index is 0.0650. The van der Waals surface area contributed by atoms with Gasteiger partial charge in [-0.3, -0.25) is 9.69 Å². The van der Waals surface area contributed by atoms with Crippen LogP contribution < -0.4 is 5.32 Å². The Hall–Kier alpha value is -1.35. The summed E-state index contributed by atoms with van der Waals surface area (Å²) in [6.45, 7) is 13.2. The monoisotopic (exact) mass is 276 g/mol. The molecule has 0 heterocycles. The maximum atomic E-state index is 12.1. The molecule has 20 heavy (non-hydrogen) atoms. The van der Waals surface area contributed by atoms with Crippen molar-refractivity contribution in [1.82, 2.24) is 4.90 Å². The molecule has 0 saturated carbocycles. The van der Waals surface area contributed by atoms with Crippen molar-refractivity contribution in [1.29, 1.82) is 0 Å². The van der Waals surface area contributed by atoms with E-state index in [1.165, 1.54) is 5.56 Å². The molecule has 0 aliphatic heterocycles. The van der Waals surface area contributed by atoms with Crippen molar-refractivity contribution < 1.29 is 4.79 Å². The smallest absolute Gasteiger partial charge is 0.238 e. The highest BCUT2D eigenvalue weighted by Crippen LogP contribution is 2.09. The zero-order valence-corrected chi connectivity index (χ0v) is 13.4. The summed E-state index contributed by atoms with van der Waals surface area (Å²) in [5, 5.41) is 2.97. The van der Waals surface area contributed by atoms with Crippen molar-refractivity contribution in [3.8, 4) is 0 Å². The first-order chi connectivity index (χ1) is 9.36. The third kappa shape index (κ3) is 6.71. The predicted molar refractivity (Wildman–Crippen MR) is 85.9 cm³/mol. The van der Waals surface area contributed by atoms with Crippen LogP contribution in [-0.4, -0.2) is 30.4 Å². The number of hydrogen-bond acceptors (Lipinski definition) is 2. The van der Waals surface area contributed by atoms with Gasteiger partial charge in [-0.25, -0.2) is 0 Å². The fourth-order valence-electron chi connectivity index (χ4n) is 2.28. The third-order valence-electron chi connectivity index (χ3n) is 2.95. The van der Waals surface area contributed by atoms with E-state index in [0.717, 1.165) is 18.8 Å². The van der Waals surface area contributed by atoms with Crippen molar-refractivity contribution in [2.45, 2.75) is 34.6 Å². The summed E-state index contributed by atoms with van der Waals surface area (Å²) in [6.07, 6.45) is 0. The van der Waals surface area contributed by atoms with Crippen LogP contribution in [0.4, 0.5) is 5.69 Å². The highest BCUT2D eigenvalue weighted by molar-refractivity contribution is 5.92. The Balaban J connectivity index is 2.54. The number of rotatable bonds is 7. The van der Waals surface area contributed by atoms with E-state index in [0.29, 0.717) is 18.4 Å². The Morgan fingerprint density at radius 2 is 1.55 bits per heavy atom. The first-order valence-electron chi connectivity index (χ1n) is 7.45. The van der Waals surface area contributed by atoms with Crippen LogP contribution in [0.5, 0.6) is 0 Å². The number of hydrogen-bond donors (Lipinski definition) is 1. The maximum absolute atomic E-state index is 12.1. The van der Waals surface area contributed by atoms with Crippen LogP contribution in [0.25, 0.3) is 0 Å². The van der Waals surface area contributed by atoms with Crippen LogP contribution in [0.3, 0.4) is 0 Å². The van der Waals surface area contributed by atoms with E-state index in [1.807, 2.05) is 31.2 Å². The lowest BCUT2D eigenvalue weighted by Gasteiger charge is -2.25. The lowest BCUT2D eigenvalue weighted by atomic mass is 10.1. The molecule has 0 unspecified atom stereocenters. The Labute approximate surface area is 123 Å². The molecule has 0 fully saturated rings. The largest absolute Gasteiger partial charge is 0.325 e. The van der Waals surface area contributed by atoms with Crippen LogP contribution in [0.2, 0.25) is 0 Å². The van der Waals surface area contributed by atoms with Crippen molar-refractivity contribution in [3.63, 3.8) is 0 Å². The quantitative estimate of drug-likeness (QED) is 0.826. The third-order valence-corrected chi connectivity index (χ3v) is 2.95. The van der Waals surface area contributed by atoms with E-state index >= 15 is 0 Å². The van der Waals surface area contributed by atoms with Crippen molar-refractivity contribution in [2.24, 2.45) is 11.8 Å². The first kappa shape index (κ1) is 16.7. The summed E-state index contributed by atoms with van der Waals surface area (Å²) < 4.78 is 0. The minimum Gasteiger partial charge on any atom is -0.325 e. The molecule has 0 aliphatic rings.